The Balaban J connectivity index is 1.72. The van der Waals surface area contributed by atoms with Crippen LogP contribution in [0.1, 0.15) is 76.2 Å². The largest absolute Gasteiger partial charge is 0.396 e. The predicted octanol–water partition coefficient (Wildman–Crippen LogP) is 4.92. The summed E-state index contributed by atoms with van der Waals surface area (Å²) in [4.78, 5) is 4.12. The van der Waals surface area contributed by atoms with Crippen molar-refractivity contribution in [3.63, 3.8) is 0 Å². The second kappa shape index (κ2) is 15.9. The highest BCUT2D eigenvalue weighted by atomic mass is 16.5. The molecule has 3 nitrogen and oxygen atoms in total. The van der Waals surface area contributed by atoms with Gasteiger partial charge in [0.1, 0.15) is 0 Å². The molecule has 0 spiro atoms. The molecule has 0 bridgehead atoms. The van der Waals surface area contributed by atoms with Crippen LogP contribution in [0.3, 0.4) is 0 Å². The Morgan fingerprint density at radius 1 is 0.783 bits per heavy atom. The van der Waals surface area contributed by atoms with Crippen molar-refractivity contribution in [2.24, 2.45) is 0 Å². The first-order valence-corrected chi connectivity index (χ1v) is 9.51. The van der Waals surface area contributed by atoms with E-state index in [0.29, 0.717) is 6.61 Å². The first-order chi connectivity index (χ1) is 11.4. The Morgan fingerprint density at radius 3 is 2.00 bits per heavy atom. The van der Waals surface area contributed by atoms with Gasteiger partial charge in [0.15, 0.2) is 0 Å². The van der Waals surface area contributed by atoms with Crippen LogP contribution in [0.4, 0.5) is 0 Å². The van der Waals surface area contributed by atoms with E-state index in [-0.39, 0.29) is 0 Å². The molecule has 1 N–H and O–H groups in total. The molecule has 1 aromatic heterocycles. The minimum atomic E-state index is 0.353. The van der Waals surface area contributed by atoms with Gasteiger partial charge in [-0.05, 0) is 37.3 Å². The number of aliphatic hydroxyl groups excluding tert-OH is 1. The van der Waals surface area contributed by atoms with Gasteiger partial charge in [0.05, 0.1) is 0 Å². The number of pyridine rings is 1. The number of rotatable bonds is 16. The molecular formula is C20H35NO2. The molecule has 0 amide bonds. The number of unbranched alkanes of at least 4 members (excludes halogenated alkanes) is 9. The predicted molar refractivity (Wildman–Crippen MR) is 96.6 cm³/mol. The number of aromatic nitrogens is 1. The fourth-order valence-electron chi connectivity index (χ4n) is 2.76. The molecule has 0 fully saturated rings. The molecule has 132 valence electrons. The average Bonchev–Trinajstić information content (AvgIpc) is 2.59. The van der Waals surface area contributed by atoms with Crippen LogP contribution >= 0.6 is 0 Å². The summed E-state index contributed by atoms with van der Waals surface area (Å²) < 4.78 is 5.70. The van der Waals surface area contributed by atoms with Crippen molar-refractivity contribution in [1.82, 2.24) is 4.98 Å². The lowest BCUT2D eigenvalue weighted by molar-refractivity contribution is 0.127. The smallest absolute Gasteiger partial charge is 0.0469 e. The van der Waals surface area contributed by atoms with E-state index in [9.17, 15) is 0 Å². The van der Waals surface area contributed by atoms with E-state index >= 15 is 0 Å². The Labute approximate surface area is 142 Å². The van der Waals surface area contributed by atoms with E-state index in [0.717, 1.165) is 32.5 Å². The van der Waals surface area contributed by atoms with Crippen molar-refractivity contribution in [3.8, 4) is 0 Å². The molecule has 0 radical (unpaired) electrons. The summed E-state index contributed by atoms with van der Waals surface area (Å²) in [6.45, 7) is 2.13. The molecule has 1 aromatic rings. The van der Waals surface area contributed by atoms with Gasteiger partial charge in [-0.2, -0.15) is 0 Å². The summed E-state index contributed by atoms with van der Waals surface area (Å²) in [6.07, 6.45) is 18.6. The van der Waals surface area contributed by atoms with Crippen molar-refractivity contribution in [1.29, 1.82) is 0 Å². The van der Waals surface area contributed by atoms with Crippen LogP contribution in [0.5, 0.6) is 0 Å². The van der Waals surface area contributed by atoms with E-state index in [1.165, 1.54) is 63.4 Å². The van der Waals surface area contributed by atoms with Gasteiger partial charge in [-0.25, -0.2) is 0 Å². The summed E-state index contributed by atoms with van der Waals surface area (Å²) in [5.74, 6) is 0. The number of hydrogen-bond donors (Lipinski definition) is 1. The fourth-order valence-corrected chi connectivity index (χ4v) is 2.76. The highest BCUT2D eigenvalue weighted by molar-refractivity contribution is 5.08. The summed E-state index contributed by atoms with van der Waals surface area (Å²) in [5, 5.41) is 8.70. The third-order valence-electron chi connectivity index (χ3n) is 4.17. The van der Waals surface area contributed by atoms with Gasteiger partial charge in [0, 0.05) is 32.2 Å². The van der Waals surface area contributed by atoms with E-state index in [1.807, 2.05) is 18.5 Å². The van der Waals surface area contributed by atoms with E-state index in [4.69, 9.17) is 9.84 Å². The Hall–Kier alpha value is -0.930. The zero-order valence-electron chi connectivity index (χ0n) is 14.7. The van der Waals surface area contributed by atoms with Gasteiger partial charge in [-0.3, -0.25) is 4.98 Å². The normalized spacial score (nSPS) is 11.0. The van der Waals surface area contributed by atoms with Crippen molar-refractivity contribution >= 4 is 0 Å². The van der Waals surface area contributed by atoms with Crippen LogP contribution in [0, 0.1) is 0 Å². The number of hydrogen-bond acceptors (Lipinski definition) is 3. The molecule has 1 rings (SSSR count). The monoisotopic (exact) mass is 321 g/mol. The van der Waals surface area contributed by atoms with Crippen molar-refractivity contribution in [2.75, 3.05) is 19.8 Å². The average molecular weight is 322 g/mol. The number of nitrogens with zero attached hydrogens (tertiary/aromatic N) is 1. The van der Waals surface area contributed by atoms with Crippen LogP contribution < -0.4 is 0 Å². The quantitative estimate of drug-likeness (QED) is 0.439. The van der Waals surface area contributed by atoms with Gasteiger partial charge >= 0.3 is 0 Å². The lowest BCUT2D eigenvalue weighted by Crippen LogP contribution is -1.99. The molecule has 23 heavy (non-hydrogen) atoms. The molecule has 0 aliphatic heterocycles. The van der Waals surface area contributed by atoms with Gasteiger partial charge in [0.2, 0.25) is 0 Å². The van der Waals surface area contributed by atoms with Crippen LogP contribution in [-0.2, 0) is 11.2 Å². The van der Waals surface area contributed by atoms with Gasteiger partial charge < -0.3 is 9.84 Å². The van der Waals surface area contributed by atoms with Crippen LogP contribution in [-0.4, -0.2) is 29.9 Å². The molecule has 0 saturated heterocycles. The van der Waals surface area contributed by atoms with E-state index in [2.05, 4.69) is 11.1 Å². The van der Waals surface area contributed by atoms with Gasteiger partial charge in [-0.1, -0.05) is 57.4 Å². The molecule has 3 heteroatoms. The summed E-state index contributed by atoms with van der Waals surface area (Å²) in [5.41, 5.74) is 1.30. The lowest BCUT2D eigenvalue weighted by atomic mass is 10.1. The maximum atomic E-state index is 8.70. The van der Waals surface area contributed by atoms with Gasteiger partial charge in [-0.15, -0.1) is 0 Å². The first-order valence-electron chi connectivity index (χ1n) is 9.51. The maximum Gasteiger partial charge on any atom is 0.0469 e. The Kier molecular flexibility index (Phi) is 13.9. The van der Waals surface area contributed by atoms with Crippen molar-refractivity contribution < 1.29 is 9.84 Å². The van der Waals surface area contributed by atoms with Crippen molar-refractivity contribution in [2.45, 2.75) is 77.0 Å². The second-order valence-corrected chi connectivity index (χ2v) is 6.34. The second-order valence-electron chi connectivity index (χ2n) is 6.34. The molecule has 0 aromatic carbocycles. The van der Waals surface area contributed by atoms with Crippen LogP contribution in [0.25, 0.3) is 0 Å². The zero-order chi connectivity index (χ0) is 16.4. The summed E-state index contributed by atoms with van der Waals surface area (Å²) in [6, 6.07) is 4.12. The maximum absolute atomic E-state index is 8.70. The highest BCUT2D eigenvalue weighted by Gasteiger charge is 1.95. The molecular weight excluding hydrogens is 286 g/mol. The Bertz CT molecular complexity index is 343. The third-order valence-corrected chi connectivity index (χ3v) is 4.17. The third kappa shape index (κ3) is 13.2. The number of aryl methyl sites for hydroxylation is 1. The molecule has 0 aliphatic carbocycles. The minimum absolute atomic E-state index is 0.353. The minimum Gasteiger partial charge on any atom is -0.396 e. The highest BCUT2D eigenvalue weighted by Crippen LogP contribution is 2.10. The summed E-state index contributed by atoms with van der Waals surface area (Å²) in [7, 11) is 0. The summed E-state index contributed by atoms with van der Waals surface area (Å²) >= 11 is 0. The van der Waals surface area contributed by atoms with Crippen LogP contribution in [0.15, 0.2) is 24.5 Å². The molecule has 0 aliphatic rings. The standard InChI is InChI=1S/C20H35NO2/c22-16-9-7-5-3-1-2-4-6-8-10-17-23-18-12-14-20-13-11-15-21-19-20/h11,13,15,19,22H,1-10,12,14,16-18H2. The zero-order valence-corrected chi connectivity index (χ0v) is 14.7. The molecule has 0 saturated carbocycles. The Morgan fingerprint density at radius 2 is 1.39 bits per heavy atom. The van der Waals surface area contributed by atoms with E-state index < -0.39 is 0 Å². The number of aliphatic hydroxyl groups is 1. The van der Waals surface area contributed by atoms with Crippen molar-refractivity contribution in [3.05, 3.63) is 30.1 Å². The first kappa shape index (κ1) is 20.1. The number of ether oxygens (including phenoxy) is 1. The molecule has 1 heterocycles. The molecule has 0 unspecified atom stereocenters. The molecule has 0 atom stereocenters. The van der Waals surface area contributed by atoms with E-state index in [1.54, 1.807) is 0 Å². The van der Waals surface area contributed by atoms with Crippen LogP contribution in [0.2, 0.25) is 0 Å². The lowest BCUT2D eigenvalue weighted by Gasteiger charge is -2.05. The SMILES string of the molecule is OCCCCCCCCCCCCOCCCc1cccnc1. The fraction of sp³-hybridized carbons (Fsp3) is 0.750. The van der Waals surface area contributed by atoms with Gasteiger partial charge in [0.25, 0.3) is 0 Å². The topological polar surface area (TPSA) is 42.4 Å².